The normalized spacial score (nSPS) is 16.5. The van der Waals surface area contributed by atoms with Crippen LogP contribution in [0.1, 0.15) is 59.1 Å². The zero-order valence-corrected chi connectivity index (χ0v) is 30.5. The van der Waals surface area contributed by atoms with Gasteiger partial charge in [0.15, 0.2) is 0 Å². The molecule has 0 saturated heterocycles. The lowest BCUT2D eigenvalue weighted by atomic mass is 9.61. The lowest BCUT2D eigenvalue weighted by Crippen LogP contribution is -2.25. The molecule has 0 bridgehead atoms. The van der Waals surface area contributed by atoms with Gasteiger partial charge in [-0.05, 0) is 103 Å². The molecule has 8 aromatic carbocycles. The third-order valence-corrected chi connectivity index (χ3v) is 12.5. The van der Waals surface area contributed by atoms with E-state index in [2.05, 4.69) is 207 Å². The van der Waals surface area contributed by atoms with Crippen LogP contribution in [0.3, 0.4) is 0 Å². The highest BCUT2D eigenvalue weighted by Crippen LogP contribution is 2.59. The predicted octanol–water partition coefficient (Wildman–Crippen LogP) is 14.1. The number of anilines is 3. The molecule has 0 fully saturated rings. The lowest BCUT2D eigenvalue weighted by molar-refractivity contribution is 0.660. The first kappa shape index (κ1) is 31.1. The van der Waals surface area contributed by atoms with Crippen molar-refractivity contribution in [3.05, 3.63) is 221 Å². The highest BCUT2D eigenvalue weighted by Gasteiger charge is 2.41. The van der Waals surface area contributed by atoms with E-state index in [0.717, 1.165) is 0 Å². The topological polar surface area (TPSA) is 3.24 Å². The van der Waals surface area contributed by atoms with E-state index < -0.39 is 0 Å². The minimum absolute atomic E-state index is 0.113. The molecule has 0 saturated carbocycles. The third kappa shape index (κ3) is 4.45. The number of para-hydroxylation sites is 1. The summed E-state index contributed by atoms with van der Waals surface area (Å²) in [4.78, 5) is 2.51. The molecule has 2 atom stereocenters. The molecule has 0 amide bonds. The van der Waals surface area contributed by atoms with Crippen LogP contribution >= 0.6 is 0 Å². The maximum atomic E-state index is 2.52. The average molecular weight is 690 g/mol. The van der Waals surface area contributed by atoms with Crippen LogP contribution in [0.2, 0.25) is 0 Å². The van der Waals surface area contributed by atoms with Crippen LogP contribution in [-0.4, -0.2) is 0 Å². The molecule has 1 heteroatoms. The Morgan fingerprint density at radius 3 is 1.44 bits per heavy atom. The molecule has 0 radical (unpaired) electrons. The lowest BCUT2D eigenvalue weighted by Gasteiger charge is -2.42. The second kappa shape index (κ2) is 11.8. The minimum atomic E-state index is -0.113. The molecular formula is C53H39N. The third-order valence-electron chi connectivity index (χ3n) is 12.5. The Bertz CT molecular complexity index is 2770. The fourth-order valence-electron chi connectivity index (χ4n) is 10.1. The van der Waals surface area contributed by atoms with Crippen molar-refractivity contribution in [2.45, 2.75) is 31.1 Å². The van der Waals surface area contributed by atoms with Gasteiger partial charge in [-0.2, -0.15) is 0 Å². The molecule has 1 nitrogen and oxygen atoms in total. The number of fused-ring (bicyclic) bond motifs is 14. The number of nitrogens with zero attached hydrogens (tertiary/aromatic N) is 1. The van der Waals surface area contributed by atoms with E-state index in [-0.39, 0.29) is 17.3 Å². The van der Waals surface area contributed by atoms with Crippen LogP contribution in [0.5, 0.6) is 0 Å². The Labute approximate surface area is 317 Å². The number of benzene rings is 8. The molecule has 0 heterocycles. The van der Waals surface area contributed by atoms with Crippen molar-refractivity contribution >= 4 is 17.1 Å². The minimum Gasteiger partial charge on any atom is -0.310 e. The molecule has 0 spiro atoms. The molecule has 2 unspecified atom stereocenters. The molecule has 0 N–H and O–H groups in total. The molecular weight excluding hydrogens is 651 g/mol. The van der Waals surface area contributed by atoms with Crippen LogP contribution in [0.15, 0.2) is 188 Å². The van der Waals surface area contributed by atoms with E-state index >= 15 is 0 Å². The molecule has 0 aliphatic heterocycles. The Morgan fingerprint density at radius 1 is 0.352 bits per heavy atom. The van der Waals surface area contributed by atoms with Gasteiger partial charge in [-0.25, -0.2) is 0 Å². The number of rotatable bonds is 4. The van der Waals surface area contributed by atoms with Crippen LogP contribution in [-0.2, 0) is 5.41 Å². The molecule has 8 aromatic rings. The SMILES string of the molecule is CC1(C)c2ccccc2-c2ccc(N(c3ccc4c(c3)C3c5ccccc5-c5ccccc5C3c3ccccc3-4)c3ccccc3-c3ccccc3)cc21. The second-order valence-electron chi connectivity index (χ2n) is 15.6. The highest BCUT2D eigenvalue weighted by atomic mass is 15.1. The molecule has 3 aliphatic carbocycles. The average Bonchev–Trinajstić information content (AvgIpc) is 3.46. The van der Waals surface area contributed by atoms with Crippen LogP contribution < -0.4 is 4.90 Å². The van der Waals surface area contributed by atoms with Gasteiger partial charge >= 0.3 is 0 Å². The molecule has 0 aromatic heterocycles. The molecule has 3 aliphatic rings. The van der Waals surface area contributed by atoms with E-state index in [0.29, 0.717) is 0 Å². The van der Waals surface area contributed by atoms with Gasteiger partial charge in [0.1, 0.15) is 0 Å². The standard InChI is InChI=1S/C53H39N/c1-53(2)48-26-14-12-22-42(48)43-31-29-36(33-49(43)53)54(50-27-15-13-18-37(50)34-16-4-3-5-17-34)35-28-30-41-40-21-8-10-24-45(40)51-44-23-9-6-19-38(44)39-20-7-11-25-46(39)52(51)47(41)32-35/h3-33,51-52H,1-2H3. The second-order valence-corrected chi connectivity index (χ2v) is 15.6. The summed E-state index contributed by atoms with van der Waals surface area (Å²) in [6.07, 6.45) is 0. The van der Waals surface area contributed by atoms with E-state index in [4.69, 9.17) is 0 Å². The van der Waals surface area contributed by atoms with Crippen molar-refractivity contribution < 1.29 is 0 Å². The Kier molecular flexibility index (Phi) is 6.79. The van der Waals surface area contributed by atoms with Crippen molar-refractivity contribution in [1.29, 1.82) is 0 Å². The van der Waals surface area contributed by atoms with Gasteiger partial charge in [0, 0.05) is 34.2 Å². The monoisotopic (exact) mass is 689 g/mol. The predicted molar refractivity (Wildman–Crippen MR) is 225 cm³/mol. The summed E-state index contributed by atoms with van der Waals surface area (Å²) in [5.74, 6) is 0.403. The highest BCUT2D eigenvalue weighted by molar-refractivity contribution is 5.92. The smallest absolute Gasteiger partial charge is 0.0540 e. The van der Waals surface area contributed by atoms with Crippen molar-refractivity contribution in [2.75, 3.05) is 4.90 Å². The van der Waals surface area contributed by atoms with Gasteiger partial charge in [0.25, 0.3) is 0 Å². The zero-order chi connectivity index (χ0) is 36.0. The van der Waals surface area contributed by atoms with Crippen molar-refractivity contribution in [3.63, 3.8) is 0 Å². The first-order valence-electron chi connectivity index (χ1n) is 19.2. The summed E-state index contributed by atoms with van der Waals surface area (Å²) >= 11 is 0. The zero-order valence-electron chi connectivity index (χ0n) is 30.5. The van der Waals surface area contributed by atoms with E-state index in [1.54, 1.807) is 0 Å². The molecule has 11 rings (SSSR count). The summed E-state index contributed by atoms with van der Waals surface area (Å²) in [6.45, 7) is 4.75. The number of hydrogen-bond acceptors (Lipinski definition) is 1. The molecule has 54 heavy (non-hydrogen) atoms. The quantitative estimate of drug-likeness (QED) is 0.178. The first-order valence-corrected chi connectivity index (χ1v) is 19.2. The van der Waals surface area contributed by atoms with Crippen LogP contribution in [0.4, 0.5) is 17.1 Å². The van der Waals surface area contributed by atoms with E-state index in [1.807, 2.05) is 0 Å². The largest absolute Gasteiger partial charge is 0.310 e. The van der Waals surface area contributed by atoms with Gasteiger partial charge in [-0.1, -0.05) is 172 Å². The summed E-state index contributed by atoms with van der Waals surface area (Å²) in [7, 11) is 0. The van der Waals surface area contributed by atoms with Crippen molar-refractivity contribution in [2.24, 2.45) is 0 Å². The Balaban J connectivity index is 1.17. The summed E-state index contributed by atoms with van der Waals surface area (Å²) in [6, 6.07) is 70.4. The van der Waals surface area contributed by atoms with E-state index in [1.165, 1.54) is 95.0 Å². The maximum absolute atomic E-state index is 2.52. The van der Waals surface area contributed by atoms with Crippen molar-refractivity contribution in [1.82, 2.24) is 0 Å². The van der Waals surface area contributed by atoms with Crippen molar-refractivity contribution in [3.8, 4) is 44.5 Å². The van der Waals surface area contributed by atoms with Gasteiger partial charge in [0.2, 0.25) is 0 Å². The van der Waals surface area contributed by atoms with Crippen LogP contribution in [0, 0.1) is 0 Å². The van der Waals surface area contributed by atoms with Crippen LogP contribution in [0.25, 0.3) is 44.5 Å². The van der Waals surface area contributed by atoms with E-state index in [9.17, 15) is 0 Å². The summed E-state index contributed by atoms with van der Waals surface area (Å²) in [5.41, 5.74) is 22.2. The first-order chi connectivity index (χ1) is 26.6. The van der Waals surface area contributed by atoms with Gasteiger partial charge in [-0.3, -0.25) is 0 Å². The molecule has 256 valence electrons. The van der Waals surface area contributed by atoms with Gasteiger partial charge < -0.3 is 4.90 Å². The number of hydrogen-bond donors (Lipinski definition) is 0. The maximum Gasteiger partial charge on any atom is 0.0540 e. The Morgan fingerprint density at radius 2 is 0.796 bits per heavy atom. The summed E-state index contributed by atoms with van der Waals surface area (Å²) < 4.78 is 0. The summed E-state index contributed by atoms with van der Waals surface area (Å²) in [5, 5.41) is 0. The van der Waals surface area contributed by atoms with Gasteiger partial charge in [0.05, 0.1) is 5.69 Å². The fraction of sp³-hybridized carbons (Fsp3) is 0.0943. The Hall–Kier alpha value is -6.44. The fourth-order valence-corrected chi connectivity index (χ4v) is 10.1. The van der Waals surface area contributed by atoms with Gasteiger partial charge in [-0.15, -0.1) is 0 Å².